The molecule has 0 saturated carbocycles. The molecule has 124 valence electrons. The number of nitrogens with zero attached hydrogens (tertiary/aromatic N) is 1. The maximum atomic E-state index is 10.3. The van der Waals surface area contributed by atoms with Crippen molar-refractivity contribution in [3.8, 4) is 11.5 Å². The number of aliphatic hydroxyl groups is 2. The third-order valence-electron chi connectivity index (χ3n) is 5.71. The van der Waals surface area contributed by atoms with Crippen molar-refractivity contribution < 1.29 is 19.7 Å². The first kappa shape index (κ1) is 15.0. The van der Waals surface area contributed by atoms with Crippen LogP contribution in [-0.4, -0.2) is 54.1 Å². The molecule has 2 N–H and O–H groups in total. The van der Waals surface area contributed by atoms with Gasteiger partial charge in [0.25, 0.3) is 0 Å². The molecule has 0 aromatic heterocycles. The van der Waals surface area contributed by atoms with Gasteiger partial charge in [0.15, 0.2) is 11.5 Å². The number of rotatable bonds is 2. The molecule has 1 aromatic carbocycles. The lowest BCUT2D eigenvalue weighted by molar-refractivity contribution is -0.0551. The lowest BCUT2D eigenvalue weighted by Crippen LogP contribution is -2.57. The number of methoxy groups -OCH3 is 1. The Labute approximate surface area is 136 Å². The summed E-state index contributed by atoms with van der Waals surface area (Å²) in [5.41, 5.74) is 1.10. The van der Waals surface area contributed by atoms with Gasteiger partial charge in [0.05, 0.1) is 25.2 Å². The molecule has 23 heavy (non-hydrogen) atoms. The summed E-state index contributed by atoms with van der Waals surface area (Å²) in [5, 5.41) is 20.4. The summed E-state index contributed by atoms with van der Waals surface area (Å²) in [4.78, 5) is 2.29. The summed E-state index contributed by atoms with van der Waals surface area (Å²) >= 11 is 0. The molecule has 2 heterocycles. The quantitative estimate of drug-likeness (QED) is 0.803. The second-order valence-corrected chi connectivity index (χ2v) is 6.98. The number of benzene rings is 1. The number of hydrogen-bond acceptors (Lipinski definition) is 5. The normalized spacial score (nSPS) is 35.2. The van der Waals surface area contributed by atoms with Crippen molar-refractivity contribution in [1.29, 1.82) is 0 Å². The van der Waals surface area contributed by atoms with Crippen LogP contribution in [0.3, 0.4) is 0 Å². The van der Waals surface area contributed by atoms with E-state index < -0.39 is 17.1 Å². The molecule has 3 unspecified atom stereocenters. The zero-order chi connectivity index (χ0) is 16.2. The van der Waals surface area contributed by atoms with Crippen molar-refractivity contribution in [3.05, 3.63) is 35.4 Å². The highest BCUT2D eigenvalue weighted by atomic mass is 16.5. The summed E-state index contributed by atoms with van der Waals surface area (Å²) in [6.07, 6.45) is 4.55. The van der Waals surface area contributed by atoms with Gasteiger partial charge < -0.3 is 24.6 Å². The Balaban J connectivity index is 2.02. The predicted octanol–water partition coefficient (Wildman–Crippen LogP) is 1.21. The molecule has 2 aliphatic heterocycles. The highest BCUT2D eigenvalue weighted by molar-refractivity contribution is 5.62. The molecule has 3 atom stereocenters. The molecule has 0 amide bonds. The van der Waals surface area contributed by atoms with Gasteiger partial charge in [-0.25, -0.2) is 0 Å². The minimum Gasteiger partial charge on any atom is -0.493 e. The predicted molar refractivity (Wildman–Crippen MR) is 85.8 cm³/mol. The van der Waals surface area contributed by atoms with Gasteiger partial charge in [0.2, 0.25) is 0 Å². The summed E-state index contributed by atoms with van der Waals surface area (Å²) in [6, 6.07) is 4.03. The van der Waals surface area contributed by atoms with E-state index in [-0.39, 0.29) is 6.61 Å². The van der Waals surface area contributed by atoms with Crippen molar-refractivity contribution in [1.82, 2.24) is 4.90 Å². The van der Waals surface area contributed by atoms with Crippen LogP contribution >= 0.6 is 0 Å². The van der Waals surface area contributed by atoms with Gasteiger partial charge >= 0.3 is 0 Å². The smallest absolute Gasteiger partial charge is 0.166 e. The lowest BCUT2D eigenvalue weighted by atomic mass is 9.61. The third-order valence-corrected chi connectivity index (χ3v) is 5.71. The van der Waals surface area contributed by atoms with Gasteiger partial charge in [-0.15, -0.1) is 0 Å². The first-order valence-electron chi connectivity index (χ1n) is 8.11. The molecule has 1 aromatic rings. The Hall–Kier alpha value is -1.56. The maximum Gasteiger partial charge on any atom is 0.166 e. The monoisotopic (exact) mass is 317 g/mol. The molecule has 4 rings (SSSR count). The van der Waals surface area contributed by atoms with E-state index in [9.17, 15) is 10.2 Å². The van der Waals surface area contributed by atoms with E-state index in [1.54, 1.807) is 7.11 Å². The third kappa shape index (κ3) is 1.84. The van der Waals surface area contributed by atoms with E-state index in [4.69, 9.17) is 9.47 Å². The van der Waals surface area contributed by atoms with Crippen molar-refractivity contribution in [2.75, 3.05) is 27.3 Å². The highest BCUT2D eigenvalue weighted by Gasteiger charge is 2.62. The van der Waals surface area contributed by atoms with E-state index in [0.29, 0.717) is 12.2 Å². The van der Waals surface area contributed by atoms with Crippen LogP contribution in [0.1, 0.15) is 24.0 Å². The first-order chi connectivity index (χ1) is 11.0. The van der Waals surface area contributed by atoms with Crippen LogP contribution in [0, 0.1) is 0 Å². The standard InChI is InChI=1S/C18H23NO4/c1-19-8-7-17-6-5-13(21)9-18(17,11-20)23-16-14(22-2)4-3-12(10-19)15(16)17/h3-6,13,20-21H,7-11H2,1-2H3. The van der Waals surface area contributed by atoms with E-state index in [0.717, 1.165) is 30.8 Å². The van der Waals surface area contributed by atoms with Crippen LogP contribution in [0.15, 0.2) is 24.3 Å². The average Bonchev–Trinajstić information content (AvgIpc) is 2.75. The summed E-state index contributed by atoms with van der Waals surface area (Å²) in [5.74, 6) is 1.42. The average molecular weight is 317 g/mol. The van der Waals surface area contributed by atoms with Crippen LogP contribution in [0.2, 0.25) is 0 Å². The Kier molecular flexibility index (Phi) is 3.24. The van der Waals surface area contributed by atoms with E-state index in [2.05, 4.69) is 24.1 Å². The maximum absolute atomic E-state index is 10.3. The Morgan fingerprint density at radius 3 is 3.00 bits per heavy atom. The van der Waals surface area contributed by atoms with E-state index in [1.165, 1.54) is 5.56 Å². The van der Waals surface area contributed by atoms with E-state index in [1.807, 2.05) is 12.1 Å². The van der Waals surface area contributed by atoms with Crippen LogP contribution < -0.4 is 9.47 Å². The zero-order valence-corrected chi connectivity index (χ0v) is 13.6. The minimum absolute atomic E-state index is 0.130. The van der Waals surface area contributed by atoms with Crippen molar-refractivity contribution in [2.24, 2.45) is 0 Å². The number of hydrogen-bond donors (Lipinski definition) is 2. The second-order valence-electron chi connectivity index (χ2n) is 6.98. The van der Waals surface area contributed by atoms with Crippen LogP contribution in [-0.2, 0) is 12.0 Å². The topological polar surface area (TPSA) is 62.2 Å². The molecule has 0 saturated heterocycles. The second kappa shape index (κ2) is 4.97. The van der Waals surface area contributed by atoms with Crippen molar-refractivity contribution in [3.63, 3.8) is 0 Å². The molecule has 1 spiro atoms. The Morgan fingerprint density at radius 1 is 1.43 bits per heavy atom. The molecule has 1 aliphatic carbocycles. The largest absolute Gasteiger partial charge is 0.493 e. The zero-order valence-electron chi connectivity index (χ0n) is 13.6. The Morgan fingerprint density at radius 2 is 2.26 bits per heavy atom. The molecule has 3 aliphatic rings. The molecule has 0 bridgehead atoms. The van der Waals surface area contributed by atoms with Gasteiger partial charge in [-0.2, -0.15) is 0 Å². The summed E-state index contributed by atoms with van der Waals surface area (Å²) in [7, 11) is 3.74. The van der Waals surface area contributed by atoms with Crippen molar-refractivity contribution in [2.45, 2.75) is 36.5 Å². The molecule has 5 nitrogen and oxygen atoms in total. The molecule has 5 heteroatoms. The summed E-state index contributed by atoms with van der Waals surface area (Å²) in [6.45, 7) is 1.62. The fourth-order valence-corrected chi connectivity index (χ4v) is 4.55. The van der Waals surface area contributed by atoms with Gasteiger partial charge in [-0.1, -0.05) is 18.2 Å². The van der Waals surface area contributed by atoms with Crippen LogP contribution in [0.4, 0.5) is 0 Å². The van der Waals surface area contributed by atoms with Gasteiger partial charge in [-0.05, 0) is 31.6 Å². The number of ether oxygens (including phenoxy) is 2. The van der Waals surface area contributed by atoms with Gasteiger partial charge in [0.1, 0.15) is 5.60 Å². The van der Waals surface area contributed by atoms with Crippen LogP contribution in [0.25, 0.3) is 0 Å². The van der Waals surface area contributed by atoms with Gasteiger partial charge in [-0.3, -0.25) is 0 Å². The SMILES string of the molecule is COc1ccc2c3c1OC1(CO)CC(O)C=CC31CCN(C)C2. The van der Waals surface area contributed by atoms with Crippen molar-refractivity contribution >= 4 is 0 Å². The van der Waals surface area contributed by atoms with Crippen LogP contribution in [0.5, 0.6) is 11.5 Å². The fourth-order valence-electron chi connectivity index (χ4n) is 4.55. The molecular formula is C18H23NO4. The lowest BCUT2D eigenvalue weighted by Gasteiger charge is -2.45. The van der Waals surface area contributed by atoms with Gasteiger partial charge in [0, 0.05) is 18.5 Å². The summed E-state index contributed by atoms with van der Waals surface area (Å²) < 4.78 is 11.9. The van der Waals surface area contributed by atoms with E-state index >= 15 is 0 Å². The minimum atomic E-state index is -0.821. The fraction of sp³-hybridized carbons (Fsp3) is 0.556. The first-order valence-corrected chi connectivity index (χ1v) is 8.11. The molecule has 0 radical (unpaired) electrons. The molecular weight excluding hydrogens is 294 g/mol. The molecule has 0 fully saturated rings. The Bertz CT molecular complexity index is 673. The highest BCUT2D eigenvalue weighted by Crippen LogP contribution is 2.60. The number of aliphatic hydroxyl groups excluding tert-OH is 2.